The van der Waals surface area contributed by atoms with Crippen LogP contribution in [0.5, 0.6) is 0 Å². The molecule has 1 N–H and O–H groups in total. The Morgan fingerprint density at radius 2 is 2.00 bits per heavy atom. The molecule has 1 unspecified atom stereocenters. The Labute approximate surface area is 160 Å². The van der Waals surface area contributed by atoms with Crippen molar-refractivity contribution in [1.82, 2.24) is 10.3 Å². The van der Waals surface area contributed by atoms with Gasteiger partial charge < -0.3 is 14.2 Å². The maximum Gasteiger partial charge on any atom is 0.226 e. The molecule has 1 amide bonds. The van der Waals surface area contributed by atoms with E-state index in [1.54, 1.807) is 6.26 Å². The third-order valence-electron chi connectivity index (χ3n) is 4.11. The van der Waals surface area contributed by atoms with Crippen molar-refractivity contribution in [2.24, 2.45) is 0 Å². The highest BCUT2D eigenvalue weighted by molar-refractivity contribution is 7.13. The van der Waals surface area contributed by atoms with E-state index in [1.165, 1.54) is 11.3 Å². The second-order valence-electron chi connectivity index (χ2n) is 6.16. The van der Waals surface area contributed by atoms with Gasteiger partial charge in [-0.1, -0.05) is 30.3 Å². The molecule has 0 fully saturated rings. The zero-order valence-corrected chi connectivity index (χ0v) is 15.5. The number of hydrogen-bond acceptors (Lipinski definition) is 5. The van der Waals surface area contributed by atoms with E-state index >= 15 is 0 Å². The van der Waals surface area contributed by atoms with E-state index in [1.807, 2.05) is 66.9 Å². The SMILES string of the molecule is Cc1ccc(-c2nc(CC(=O)NC(c3ccccc3)c3ccco3)cs2)o1. The number of amides is 1. The average Bonchev–Trinajstić information content (AvgIpc) is 3.42. The normalized spacial score (nSPS) is 12.0. The van der Waals surface area contributed by atoms with Gasteiger partial charge >= 0.3 is 0 Å². The monoisotopic (exact) mass is 378 g/mol. The number of nitrogens with zero attached hydrogens (tertiary/aromatic N) is 1. The van der Waals surface area contributed by atoms with Crippen LogP contribution in [-0.4, -0.2) is 10.9 Å². The Balaban J connectivity index is 1.48. The summed E-state index contributed by atoms with van der Waals surface area (Å²) in [7, 11) is 0. The highest BCUT2D eigenvalue weighted by Gasteiger charge is 2.20. The summed E-state index contributed by atoms with van der Waals surface area (Å²) in [6.45, 7) is 1.89. The van der Waals surface area contributed by atoms with Gasteiger partial charge in [0.25, 0.3) is 0 Å². The predicted octanol–water partition coefficient (Wildman–Crippen LogP) is 4.75. The molecule has 0 saturated heterocycles. The lowest BCUT2D eigenvalue weighted by molar-refractivity contribution is -0.121. The van der Waals surface area contributed by atoms with Gasteiger partial charge in [0.2, 0.25) is 5.91 Å². The molecule has 136 valence electrons. The van der Waals surface area contributed by atoms with Crippen molar-refractivity contribution in [3.63, 3.8) is 0 Å². The molecule has 4 aromatic rings. The molecule has 0 aliphatic heterocycles. The van der Waals surface area contributed by atoms with Gasteiger partial charge in [-0.3, -0.25) is 4.79 Å². The number of rotatable bonds is 6. The fourth-order valence-electron chi connectivity index (χ4n) is 2.85. The Morgan fingerprint density at radius 1 is 1.15 bits per heavy atom. The highest BCUT2D eigenvalue weighted by atomic mass is 32.1. The second kappa shape index (κ2) is 7.63. The molecule has 0 radical (unpaired) electrons. The summed E-state index contributed by atoms with van der Waals surface area (Å²) in [5.41, 5.74) is 1.68. The van der Waals surface area contributed by atoms with Gasteiger partial charge in [0.05, 0.1) is 18.4 Å². The van der Waals surface area contributed by atoms with Crippen molar-refractivity contribution in [3.8, 4) is 10.8 Å². The van der Waals surface area contributed by atoms with Crippen molar-refractivity contribution in [2.45, 2.75) is 19.4 Å². The minimum atomic E-state index is -0.334. The largest absolute Gasteiger partial charge is 0.467 e. The molecular weight excluding hydrogens is 360 g/mol. The van der Waals surface area contributed by atoms with Crippen LogP contribution in [0.1, 0.15) is 28.8 Å². The Kier molecular flexibility index (Phi) is 4.89. The summed E-state index contributed by atoms with van der Waals surface area (Å²) in [6, 6.07) is 16.9. The molecule has 3 aromatic heterocycles. The number of aryl methyl sites for hydroxylation is 1. The molecule has 3 heterocycles. The van der Waals surface area contributed by atoms with Crippen molar-refractivity contribution >= 4 is 17.2 Å². The molecule has 0 aliphatic carbocycles. The number of carbonyl (C=O) groups excluding carboxylic acids is 1. The number of hydrogen-bond donors (Lipinski definition) is 1. The first-order chi connectivity index (χ1) is 13.2. The molecule has 0 aliphatic rings. The number of nitrogens with one attached hydrogen (secondary N) is 1. The lowest BCUT2D eigenvalue weighted by Gasteiger charge is -2.17. The molecule has 6 heteroatoms. The predicted molar refractivity (Wildman–Crippen MR) is 103 cm³/mol. The molecule has 1 aromatic carbocycles. The molecular formula is C21H18N2O3S. The number of aromatic nitrogens is 1. The van der Waals surface area contributed by atoms with E-state index in [-0.39, 0.29) is 18.4 Å². The zero-order chi connectivity index (χ0) is 18.6. The Bertz CT molecular complexity index is 1020. The lowest BCUT2D eigenvalue weighted by Crippen LogP contribution is -2.30. The molecule has 0 spiro atoms. The Morgan fingerprint density at radius 3 is 2.70 bits per heavy atom. The van der Waals surface area contributed by atoms with Gasteiger partial charge in [-0.25, -0.2) is 4.98 Å². The van der Waals surface area contributed by atoms with Gasteiger partial charge in [0.1, 0.15) is 17.6 Å². The second-order valence-corrected chi connectivity index (χ2v) is 7.02. The van der Waals surface area contributed by atoms with E-state index in [0.717, 1.165) is 22.1 Å². The fraction of sp³-hybridized carbons (Fsp3) is 0.143. The molecule has 0 bridgehead atoms. The van der Waals surface area contributed by atoms with Crippen molar-refractivity contribution in [1.29, 1.82) is 0 Å². The van der Waals surface area contributed by atoms with E-state index in [0.29, 0.717) is 11.5 Å². The van der Waals surface area contributed by atoms with E-state index in [9.17, 15) is 4.79 Å². The van der Waals surface area contributed by atoms with Gasteiger partial charge in [-0.15, -0.1) is 11.3 Å². The number of carbonyl (C=O) groups is 1. The van der Waals surface area contributed by atoms with Gasteiger partial charge in [-0.05, 0) is 36.8 Å². The van der Waals surface area contributed by atoms with E-state index in [4.69, 9.17) is 8.83 Å². The van der Waals surface area contributed by atoms with Crippen LogP contribution in [0.3, 0.4) is 0 Å². The van der Waals surface area contributed by atoms with Gasteiger partial charge in [0.15, 0.2) is 10.8 Å². The maximum absolute atomic E-state index is 12.6. The highest BCUT2D eigenvalue weighted by Crippen LogP contribution is 2.26. The van der Waals surface area contributed by atoms with Crippen LogP contribution < -0.4 is 5.32 Å². The first kappa shape index (κ1) is 17.3. The first-order valence-corrected chi connectivity index (χ1v) is 9.46. The van der Waals surface area contributed by atoms with Crippen molar-refractivity contribution in [3.05, 3.63) is 89.0 Å². The quantitative estimate of drug-likeness (QED) is 0.526. The summed E-state index contributed by atoms with van der Waals surface area (Å²) in [4.78, 5) is 17.1. The van der Waals surface area contributed by atoms with Gasteiger partial charge in [-0.2, -0.15) is 0 Å². The first-order valence-electron chi connectivity index (χ1n) is 8.58. The number of benzene rings is 1. The summed E-state index contributed by atoms with van der Waals surface area (Å²) in [5, 5.41) is 5.71. The summed E-state index contributed by atoms with van der Waals surface area (Å²) in [6.07, 6.45) is 1.80. The summed E-state index contributed by atoms with van der Waals surface area (Å²) >= 11 is 1.47. The van der Waals surface area contributed by atoms with E-state index < -0.39 is 0 Å². The minimum Gasteiger partial charge on any atom is -0.467 e. The van der Waals surface area contributed by atoms with Crippen LogP contribution in [0, 0.1) is 6.92 Å². The fourth-order valence-corrected chi connectivity index (χ4v) is 3.63. The van der Waals surface area contributed by atoms with Gasteiger partial charge in [0, 0.05) is 5.38 Å². The van der Waals surface area contributed by atoms with E-state index in [2.05, 4.69) is 10.3 Å². The van der Waals surface area contributed by atoms with Crippen LogP contribution in [0.15, 0.2) is 75.1 Å². The van der Waals surface area contributed by atoms with Crippen molar-refractivity contribution in [2.75, 3.05) is 0 Å². The molecule has 27 heavy (non-hydrogen) atoms. The molecule has 5 nitrogen and oxygen atoms in total. The van der Waals surface area contributed by atoms with Crippen LogP contribution in [-0.2, 0) is 11.2 Å². The molecule has 4 rings (SSSR count). The number of thiazole rings is 1. The molecule has 1 atom stereocenters. The zero-order valence-electron chi connectivity index (χ0n) is 14.7. The number of furan rings is 2. The topological polar surface area (TPSA) is 68.3 Å². The standard InChI is InChI=1S/C21H18N2O3S/c1-14-9-10-18(26-14)21-22-16(13-27-21)12-19(24)23-20(17-8-5-11-25-17)15-6-3-2-4-7-15/h2-11,13,20H,12H2,1H3,(H,23,24). The van der Waals surface area contributed by atoms with Crippen LogP contribution in [0.25, 0.3) is 10.8 Å². The average molecular weight is 378 g/mol. The lowest BCUT2D eigenvalue weighted by atomic mass is 10.0. The maximum atomic E-state index is 12.6. The van der Waals surface area contributed by atoms with Crippen LogP contribution in [0.4, 0.5) is 0 Å². The summed E-state index contributed by atoms with van der Waals surface area (Å²) < 4.78 is 11.1. The van der Waals surface area contributed by atoms with Crippen LogP contribution >= 0.6 is 11.3 Å². The Hall–Kier alpha value is -3.12. The third kappa shape index (κ3) is 4.01. The minimum absolute atomic E-state index is 0.118. The smallest absolute Gasteiger partial charge is 0.226 e. The van der Waals surface area contributed by atoms with Crippen molar-refractivity contribution < 1.29 is 13.6 Å². The third-order valence-corrected chi connectivity index (χ3v) is 5.02. The van der Waals surface area contributed by atoms with Crippen LogP contribution in [0.2, 0.25) is 0 Å². The molecule has 0 saturated carbocycles. The summed E-state index contributed by atoms with van der Waals surface area (Å²) in [5.74, 6) is 2.14.